The minimum absolute atomic E-state index is 0.0913. The molecule has 2 aliphatic heterocycles. The van der Waals surface area contributed by atoms with Gasteiger partial charge in [-0.15, -0.1) is 0 Å². The van der Waals surface area contributed by atoms with Crippen LogP contribution in [-0.4, -0.2) is 48.7 Å². The summed E-state index contributed by atoms with van der Waals surface area (Å²) >= 11 is 0. The first kappa shape index (κ1) is 14.8. The van der Waals surface area contributed by atoms with Gasteiger partial charge in [-0.2, -0.15) is 17.0 Å². The molecule has 1 aliphatic carbocycles. The van der Waals surface area contributed by atoms with E-state index in [1.54, 1.807) is 4.31 Å². The van der Waals surface area contributed by atoms with Crippen LogP contribution in [0.5, 0.6) is 0 Å². The van der Waals surface area contributed by atoms with Gasteiger partial charge in [-0.1, -0.05) is 6.92 Å². The van der Waals surface area contributed by atoms with Crippen molar-refractivity contribution in [2.24, 2.45) is 17.6 Å². The molecule has 0 bridgehead atoms. The van der Waals surface area contributed by atoms with E-state index in [0.29, 0.717) is 38.0 Å². The van der Waals surface area contributed by atoms with Crippen molar-refractivity contribution < 1.29 is 8.42 Å². The second-order valence-electron chi connectivity index (χ2n) is 7.00. The van der Waals surface area contributed by atoms with Gasteiger partial charge in [0.1, 0.15) is 0 Å². The molecule has 20 heavy (non-hydrogen) atoms. The van der Waals surface area contributed by atoms with Gasteiger partial charge in [0.15, 0.2) is 0 Å². The lowest BCUT2D eigenvalue weighted by Gasteiger charge is -2.46. The Hall–Kier alpha value is -0.170. The highest BCUT2D eigenvalue weighted by Crippen LogP contribution is 2.49. The highest BCUT2D eigenvalue weighted by Gasteiger charge is 2.55. The summed E-state index contributed by atoms with van der Waals surface area (Å²) in [5.41, 5.74) is 5.71. The molecular weight excluding hydrogens is 274 g/mol. The number of nitrogens with zero attached hydrogens (tertiary/aromatic N) is 2. The largest absolute Gasteiger partial charge is 0.330 e. The van der Waals surface area contributed by atoms with E-state index in [0.717, 1.165) is 38.5 Å². The second kappa shape index (κ2) is 5.23. The first-order valence-corrected chi connectivity index (χ1v) is 9.36. The van der Waals surface area contributed by atoms with Crippen LogP contribution in [0.2, 0.25) is 0 Å². The van der Waals surface area contributed by atoms with E-state index in [1.807, 2.05) is 4.31 Å². The zero-order chi connectivity index (χ0) is 14.4. The van der Waals surface area contributed by atoms with Crippen molar-refractivity contribution in [1.82, 2.24) is 8.61 Å². The molecule has 1 atom stereocenters. The van der Waals surface area contributed by atoms with Crippen LogP contribution in [0.25, 0.3) is 0 Å². The Balaban J connectivity index is 1.79. The van der Waals surface area contributed by atoms with Crippen molar-refractivity contribution in [2.75, 3.05) is 26.2 Å². The second-order valence-corrected chi connectivity index (χ2v) is 8.86. The third-order valence-corrected chi connectivity index (χ3v) is 7.70. The summed E-state index contributed by atoms with van der Waals surface area (Å²) in [6.45, 7) is 4.81. The molecule has 2 saturated heterocycles. The van der Waals surface area contributed by atoms with Crippen LogP contribution >= 0.6 is 0 Å². The summed E-state index contributed by atoms with van der Waals surface area (Å²) in [6.07, 6.45) is 6.13. The molecule has 1 spiro atoms. The number of rotatable bonds is 3. The first-order valence-electron chi connectivity index (χ1n) is 7.96. The summed E-state index contributed by atoms with van der Waals surface area (Å²) in [5, 5.41) is 0. The van der Waals surface area contributed by atoms with Gasteiger partial charge < -0.3 is 5.73 Å². The fourth-order valence-corrected chi connectivity index (χ4v) is 6.12. The van der Waals surface area contributed by atoms with Crippen LogP contribution in [0.1, 0.15) is 45.4 Å². The predicted molar refractivity (Wildman–Crippen MR) is 79.3 cm³/mol. The Morgan fingerprint density at radius 2 is 1.90 bits per heavy atom. The number of hydrogen-bond acceptors (Lipinski definition) is 3. The minimum atomic E-state index is -3.29. The molecule has 0 radical (unpaired) electrons. The monoisotopic (exact) mass is 301 g/mol. The Morgan fingerprint density at radius 3 is 2.40 bits per heavy atom. The first-order chi connectivity index (χ1) is 9.48. The van der Waals surface area contributed by atoms with Crippen LogP contribution < -0.4 is 5.73 Å². The van der Waals surface area contributed by atoms with Gasteiger partial charge in [0.2, 0.25) is 0 Å². The number of nitrogens with two attached hydrogens (primary N) is 1. The summed E-state index contributed by atoms with van der Waals surface area (Å²) in [6, 6.07) is 0. The molecule has 1 unspecified atom stereocenters. The fraction of sp³-hybridized carbons (Fsp3) is 1.00. The molecule has 0 aromatic carbocycles. The van der Waals surface area contributed by atoms with Gasteiger partial charge in [-0.3, -0.25) is 0 Å². The van der Waals surface area contributed by atoms with E-state index < -0.39 is 10.2 Å². The highest BCUT2D eigenvalue weighted by molar-refractivity contribution is 7.86. The molecule has 3 aliphatic rings. The molecule has 0 aromatic heterocycles. The van der Waals surface area contributed by atoms with Crippen molar-refractivity contribution in [3.8, 4) is 0 Å². The zero-order valence-electron chi connectivity index (χ0n) is 12.4. The van der Waals surface area contributed by atoms with Gasteiger partial charge in [-0.05, 0) is 56.9 Å². The van der Waals surface area contributed by atoms with Crippen molar-refractivity contribution >= 4 is 10.2 Å². The normalized spacial score (nSPS) is 32.6. The lowest BCUT2D eigenvalue weighted by molar-refractivity contribution is 0.116. The summed E-state index contributed by atoms with van der Waals surface area (Å²) in [5.74, 6) is 0.989. The van der Waals surface area contributed by atoms with E-state index in [4.69, 9.17) is 5.73 Å². The Kier molecular flexibility index (Phi) is 3.86. The van der Waals surface area contributed by atoms with Crippen molar-refractivity contribution in [3.63, 3.8) is 0 Å². The van der Waals surface area contributed by atoms with Crippen LogP contribution in [0.15, 0.2) is 0 Å². The molecule has 116 valence electrons. The maximum absolute atomic E-state index is 13.0. The maximum atomic E-state index is 13.0. The molecule has 3 fully saturated rings. The molecule has 5 nitrogen and oxygen atoms in total. The third-order valence-electron chi connectivity index (χ3n) is 5.59. The van der Waals surface area contributed by atoms with E-state index in [9.17, 15) is 8.42 Å². The summed E-state index contributed by atoms with van der Waals surface area (Å²) in [7, 11) is -3.29. The van der Waals surface area contributed by atoms with E-state index in [1.165, 1.54) is 0 Å². The Bertz CT molecular complexity index is 453. The summed E-state index contributed by atoms with van der Waals surface area (Å²) < 4.78 is 29.5. The highest BCUT2D eigenvalue weighted by atomic mass is 32.2. The molecule has 3 rings (SSSR count). The van der Waals surface area contributed by atoms with E-state index in [2.05, 4.69) is 6.92 Å². The molecule has 6 heteroatoms. The molecule has 2 N–H and O–H groups in total. The molecule has 2 heterocycles. The van der Waals surface area contributed by atoms with Crippen LogP contribution in [-0.2, 0) is 10.2 Å². The lowest BCUT2D eigenvalue weighted by Crippen LogP contribution is -2.57. The average molecular weight is 301 g/mol. The fourth-order valence-electron chi connectivity index (χ4n) is 4.02. The molecular formula is C14H27N3O2S. The zero-order valence-corrected chi connectivity index (χ0v) is 13.2. The van der Waals surface area contributed by atoms with Crippen molar-refractivity contribution in [3.05, 3.63) is 0 Å². The van der Waals surface area contributed by atoms with Gasteiger partial charge in [-0.25, -0.2) is 0 Å². The Labute approximate surface area is 122 Å². The van der Waals surface area contributed by atoms with E-state index >= 15 is 0 Å². The third kappa shape index (κ3) is 2.30. The van der Waals surface area contributed by atoms with Gasteiger partial charge in [0, 0.05) is 25.2 Å². The van der Waals surface area contributed by atoms with Crippen molar-refractivity contribution in [2.45, 2.75) is 51.0 Å². The average Bonchev–Trinajstić information content (AvgIpc) is 2.80. The summed E-state index contributed by atoms with van der Waals surface area (Å²) in [4.78, 5) is 0. The minimum Gasteiger partial charge on any atom is -0.330 e. The number of hydrogen-bond donors (Lipinski definition) is 1. The van der Waals surface area contributed by atoms with Gasteiger partial charge >= 0.3 is 0 Å². The predicted octanol–water partition coefficient (Wildman–Crippen LogP) is 1.17. The van der Waals surface area contributed by atoms with Crippen LogP contribution in [0.3, 0.4) is 0 Å². The molecule has 0 amide bonds. The standard InChI is InChI=1S/C14H27N3O2S/c1-12-3-7-16(8-4-12)20(18,19)17-11-13(10-15)9-14(17)5-2-6-14/h12-13H,2-11,15H2,1H3. The van der Waals surface area contributed by atoms with Crippen LogP contribution in [0, 0.1) is 11.8 Å². The number of piperidine rings is 1. The van der Waals surface area contributed by atoms with E-state index in [-0.39, 0.29) is 5.54 Å². The molecule has 1 saturated carbocycles. The quantitative estimate of drug-likeness (QED) is 0.851. The topological polar surface area (TPSA) is 66.6 Å². The maximum Gasteiger partial charge on any atom is 0.282 e. The van der Waals surface area contributed by atoms with Crippen molar-refractivity contribution in [1.29, 1.82) is 0 Å². The lowest BCUT2D eigenvalue weighted by atomic mass is 9.74. The smallest absolute Gasteiger partial charge is 0.282 e. The van der Waals surface area contributed by atoms with Gasteiger partial charge in [0.05, 0.1) is 0 Å². The SMILES string of the molecule is CC1CCN(S(=O)(=O)N2CC(CN)CC23CCC3)CC1. The van der Waals surface area contributed by atoms with Crippen LogP contribution in [0.4, 0.5) is 0 Å². The molecule has 0 aromatic rings. The van der Waals surface area contributed by atoms with Gasteiger partial charge in [0.25, 0.3) is 10.2 Å². The Morgan fingerprint density at radius 1 is 1.25 bits per heavy atom.